The van der Waals surface area contributed by atoms with Gasteiger partial charge in [0.2, 0.25) is 5.91 Å². The van der Waals surface area contributed by atoms with Crippen molar-refractivity contribution < 1.29 is 28.6 Å². The Bertz CT molecular complexity index is 1110. The topological polar surface area (TPSA) is 117 Å². The van der Waals surface area contributed by atoms with E-state index >= 15 is 0 Å². The molecule has 0 fully saturated rings. The quantitative estimate of drug-likeness (QED) is 0.212. The number of primary amides is 1. The molecule has 8 nitrogen and oxygen atoms in total. The van der Waals surface area contributed by atoms with Gasteiger partial charge in [-0.1, -0.05) is 42.3 Å². The lowest BCUT2D eigenvalue weighted by molar-refractivity contribution is -0.154. The third kappa shape index (κ3) is 11.0. The van der Waals surface area contributed by atoms with Gasteiger partial charge < -0.3 is 25.3 Å². The molecule has 2 aromatic carbocycles. The van der Waals surface area contributed by atoms with E-state index in [-0.39, 0.29) is 34.8 Å². The zero-order valence-electron chi connectivity index (χ0n) is 21.8. The zero-order valence-corrected chi connectivity index (χ0v) is 22.5. The summed E-state index contributed by atoms with van der Waals surface area (Å²) in [6, 6.07) is 10.5. The Morgan fingerprint density at radius 3 is 2.35 bits per heavy atom. The number of methoxy groups -OCH3 is 1. The lowest BCUT2D eigenvalue weighted by atomic mass is 10.1. The molecule has 0 aliphatic heterocycles. The fourth-order valence-corrected chi connectivity index (χ4v) is 3.52. The van der Waals surface area contributed by atoms with Crippen LogP contribution >= 0.6 is 11.6 Å². The lowest BCUT2D eigenvalue weighted by Gasteiger charge is -2.19. The van der Waals surface area contributed by atoms with Crippen molar-refractivity contribution >= 4 is 35.5 Å². The molecule has 0 spiro atoms. The number of carbonyl (C=O) groups excluding carboxylic acids is 3. The molecule has 0 saturated heterocycles. The van der Waals surface area contributed by atoms with Crippen LogP contribution < -0.4 is 20.5 Å². The first-order valence-corrected chi connectivity index (χ1v) is 12.4. The molecule has 200 valence electrons. The van der Waals surface area contributed by atoms with Crippen molar-refractivity contribution in [2.24, 2.45) is 5.73 Å². The molecule has 0 aromatic heterocycles. The first kappa shape index (κ1) is 29.7. The number of hydrogen-bond acceptors (Lipinski definition) is 6. The predicted octanol–water partition coefficient (Wildman–Crippen LogP) is 5.06. The molecule has 0 radical (unpaired) electrons. The van der Waals surface area contributed by atoms with E-state index in [9.17, 15) is 14.4 Å². The Balaban J connectivity index is 1.74. The number of benzene rings is 2. The van der Waals surface area contributed by atoms with E-state index in [2.05, 4.69) is 5.32 Å². The van der Waals surface area contributed by atoms with Crippen LogP contribution in [0.5, 0.6) is 11.5 Å². The van der Waals surface area contributed by atoms with E-state index < -0.39 is 11.5 Å². The van der Waals surface area contributed by atoms with Crippen LogP contribution in [0.4, 0.5) is 0 Å². The number of halogens is 1. The van der Waals surface area contributed by atoms with Gasteiger partial charge in [0.1, 0.15) is 23.7 Å². The number of ether oxygens (including phenoxy) is 3. The molecule has 2 aromatic rings. The van der Waals surface area contributed by atoms with E-state index in [0.29, 0.717) is 18.7 Å². The van der Waals surface area contributed by atoms with Crippen LogP contribution in [0.25, 0.3) is 6.08 Å². The van der Waals surface area contributed by atoms with Gasteiger partial charge in [-0.25, -0.2) is 0 Å². The van der Waals surface area contributed by atoms with Gasteiger partial charge in [-0.2, -0.15) is 0 Å². The fourth-order valence-electron chi connectivity index (χ4n) is 3.30. The van der Waals surface area contributed by atoms with Crippen molar-refractivity contribution in [2.75, 3.05) is 13.7 Å². The minimum absolute atomic E-state index is 0.178. The second-order valence-corrected chi connectivity index (χ2v) is 9.81. The molecule has 0 atom stereocenters. The fraction of sp³-hybridized carbons (Fsp3) is 0.393. The van der Waals surface area contributed by atoms with Crippen molar-refractivity contribution in [2.45, 2.75) is 58.7 Å². The smallest absolute Gasteiger partial charge is 0.306 e. The second-order valence-electron chi connectivity index (χ2n) is 9.40. The van der Waals surface area contributed by atoms with Crippen molar-refractivity contribution in [3.8, 4) is 11.5 Å². The molecule has 9 heteroatoms. The maximum Gasteiger partial charge on any atom is 0.306 e. The van der Waals surface area contributed by atoms with Crippen molar-refractivity contribution in [1.82, 2.24) is 5.32 Å². The number of hydrogen-bond donors (Lipinski definition) is 2. The lowest BCUT2D eigenvalue weighted by Crippen LogP contribution is -2.24. The predicted molar refractivity (Wildman–Crippen MR) is 144 cm³/mol. The minimum atomic E-state index is -0.641. The summed E-state index contributed by atoms with van der Waals surface area (Å²) in [7, 11) is 1.43. The molecule has 0 unspecified atom stereocenters. The Labute approximate surface area is 223 Å². The van der Waals surface area contributed by atoms with Gasteiger partial charge in [0.15, 0.2) is 0 Å². The summed E-state index contributed by atoms with van der Waals surface area (Å²) in [4.78, 5) is 35.2. The highest BCUT2D eigenvalue weighted by molar-refractivity contribution is 6.32. The van der Waals surface area contributed by atoms with Crippen molar-refractivity contribution in [3.63, 3.8) is 0 Å². The average molecular weight is 531 g/mol. The summed E-state index contributed by atoms with van der Waals surface area (Å²) < 4.78 is 16.2. The highest BCUT2D eigenvalue weighted by Gasteiger charge is 2.16. The molecule has 0 aliphatic rings. The monoisotopic (exact) mass is 530 g/mol. The first-order chi connectivity index (χ1) is 17.5. The molecule has 2 rings (SSSR count). The normalized spacial score (nSPS) is 11.3. The molecule has 37 heavy (non-hydrogen) atoms. The Kier molecular flexibility index (Phi) is 11.5. The summed E-state index contributed by atoms with van der Waals surface area (Å²) in [5, 5.41) is 3.09. The number of rotatable bonds is 13. The Morgan fingerprint density at radius 2 is 1.73 bits per heavy atom. The molecule has 0 bridgehead atoms. The van der Waals surface area contributed by atoms with Gasteiger partial charge in [0.05, 0.1) is 17.7 Å². The third-order valence-corrected chi connectivity index (χ3v) is 5.39. The van der Waals surface area contributed by atoms with Crippen LogP contribution in [-0.4, -0.2) is 37.0 Å². The van der Waals surface area contributed by atoms with Gasteiger partial charge in [-0.3, -0.25) is 14.4 Å². The molecular weight excluding hydrogens is 496 g/mol. The highest BCUT2D eigenvalue weighted by Crippen LogP contribution is 2.33. The van der Waals surface area contributed by atoms with E-state index in [1.165, 1.54) is 25.3 Å². The minimum Gasteiger partial charge on any atom is -0.496 e. The van der Waals surface area contributed by atoms with E-state index in [0.717, 1.165) is 30.4 Å². The maximum absolute atomic E-state index is 12.0. The average Bonchev–Trinajstić information content (AvgIpc) is 2.83. The largest absolute Gasteiger partial charge is 0.496 e. The highest BCUT2D eigenvalue weighted by atomic mass is 35.5. The number of nitrogens with one attached hydrogen (secondary N) is 1. The molecule has 0 heterocycles. The Morgan fingerprint density at radius 1 is 1.03 bits per heavy atom. The summed E-state index contributed by atoms with van der Waals surface area (Å²) in [5.74, 6) is -0.360. The van der Waals surface area contributed by atoms with Crippen LogP contribution in [0.2, 0.25) is 5.02 Å². The van der Waals surface area contributed by atoms with Gasteiger partial charge >= 0.3 is 5.97 Å². The zero-order chi connectivity index (χ0) is 27.4. The van der Waals surface area contributed by atoms with Crippen LogP contribution in [0.3, 0.4) is 0 Å². The van der Waals surface area contributed by atoms with Crippen LogP contribution in [0.1, 0.15) is 67.9 Å². The van der Waals surface area contributed by atoms with Gasteiger partial charge in [0.25, 0.3) is 5.91 Å². The number of unbranched alkanes of at least 4 members (excludes halogenated alkanes) is 2. The molecule has 0 saturated carbocycles. The van der Waals surface area contributed by atoms with Crippen LogP contribution in [0.15, 0.2) is 42.5 Å². The SMILES string of the molecule is COc1cc(OCc2ccc(/C=C/C(=O)NCCCCCC(=O)OC(C)(C)C)cc2)c(Cl)cc1C(N)=O. The first-order valence-electron chi connectivity index (χ1n) is 12.1. The third-order valence-electron chi connectivity index (χ3n) is 5.10. The summed E-state index contributed by atoms with van der Waals surface area (Å²) in [6.07, 6.45) is 5.95. The van der Waals surface area contributed by atoms with Gasteiger partial charge in [-0.05, 0) is 56.9 Å². The number of amides is 2. The van der Waals surface area contributed by atoms with E-state index in [1.54, 1.807) is 6.08 Å². The molecule has 2 amide bonds. The van der Waals surface area contributed by atoms with E-state index in [4.69, 9.17) is 31.5 Å². The van der Waals surface area contributed by atoms with Crippen LogP contribution in [-0.2, 0) is 20.9 Å². The molecule has 3 N–H and O–H groups in total. The molecule has 0 aliphatic carbocycles. The summed E-state index contributed by atoms with van der Waals surface area (Å²) in [5.41, 5.74) is 6.80. The maximum atomic E-state index is 12.0. The van der Waals surface area contributed by atoms with Crippen LogP contribution in [0, 0.1) is 0 Å². The summed E-state index contributed by atoms with van der Waals surface area (Å²) >= 11 is 6.21. The number of carbonyl (C=O) groups is 3. The van der Waals surface area contributed by atoms with Gasteiger partial charge in [-0.15, -0.1) is 0 Å². The molecular formula is C28H35ClN2O6. The van der Waals surface area contributed by atoms with Crippen molar-refractivity contribution in [1.29, 1.82) is 0 Å². The standard InChI is InChI=1S/C28H35ClN2O6/c1-28(2,3)37-26(33)8-6-5-7-15-31-25(32)14-13-19-9-11-20(12-10-19)18-36-24-17-23(35-4)21(27(30)34)16-22(24)29/h9-14,16-17H,5-8,15,18H2,1-4H3,(H2,30,34)(H,31,32)/b14-13+. The van der Waals surface area contributed by atoms with Crippen molar-refractivity contribution in [3.05, 3.63) is 64.2 Å². The van der Waals surface area contributed by atoms with E-state index in [1.807, 2.05) is 45.0 Å². The number of esters is 1. The summed E-state index contributed by atoms with van der Waals surface area (Å²) in [6.45, 7) is 6.33. The Hall–Kier alpha value is -3.52. The second kappa shape index (κ2) is 14.3. The number of nitrogens with two attached hydrogens (primary N) is 1. The van der Waals surface area contributed by atoms with Gasteiger partial charge in [0, 0.05) is 25.1 Å².